The summed E-state index contributed by atoms with van der Waals surface area (Å²) in [4.78, 5) is 41.5. The molecule has 0 atom stereocenters. The third-order valence-corrected chi connectivity index (χ3v) is 6.36. The summed E-state index contributed by atoms with van der Waals surface area (Å²) in [5, 5.41) is 3.43. The zero-order chi connectivity index (χ0) is 21.7. The van der Waals surface area contributed by atoms with Crippen LogP contribution in [0, 0.1) is 6.92 Å². The Morgan fingerprint density at radius 2 is 1.77 bits per heavy atom. The van der Waals surface area contributed by atoms with Gasteiger partial charge in [-0.1, -0.05) is 30.3 Å². The van der Waals surface area contributed by atoms with E-state index in [1.807, 2.05) is 42.2 Å². The molecule has 30 heavy (non-hydrogen) atoms. The number of nitrogens with zero attached hydrogens (tertiary/aromatic N) is 2. The van der Waals surface area contributed by atoms with Gasteiger partial charge in [0.2, 0.25) is 11.8 Å². The molecule has 1 aromatic heterocycles. The Morgan fingerprint density at radius 1 is 1.10 bits per heavy atom. The van der Waals surface area contributed by atoms with Crippen LogP contribution in [0.2, 0.25) is 0 Å². The Bertz CT molecular complexity index is 918. The first-order chi connectivity index (χ1) is 14.4. The van der Waals surface area contributed by atoms with Crippen LogP contribution in [0.5, 0.6) is 0 Å². The number of carbonyl (C=O) groups excluding carboxylic acids is 3. The fraction of sp³-hybridized carbons (Fsp3) is 0.409. The molecule has 3 rings (SSSR count). The maximum absolute atomic E-state index is 12.7. The number of amides is 2. The molecule has 1 aromatic carbocycles. The number of piperazine rings is 1. The average molecular weight is 430 g/mol. The highest BCUT2D eigenvalue weighted by molar-refractivity contribution is 7.20. The zero-order valence-electron chi connectivity index (χ0n) is 17.6. The number of thiophene rings is 1. The number of hydrogen-bond donors (Lipinski definition) is 1. The van der Waals surface area contributed by atoms with Crippen LogP contribution in [-0.4, -0.2) is 66.9 Å². The SMILES string of the molecule is CCOC(=O)c1c(NC(=O)CN2CCN(C(C)=O)CC2)sc(-c2ccccc2)c1C. The van der Waals surface area contributed by atoms with Gasteiger partial charge in [0, 0.05) is 38.0 Å². The van der Waals surface area contributed by atoms with Gasteiger partial charge in [0.15, 0.2) is 0 Å². The van der Waals surface area contributed by atoms with Crippen LogP contribution < -0.4 is 5.32 Å². The highest BCUT2D eigenvalue weighted by Gasteiger charge is 2.25. The van der Waals surface area contributed by atoms with Crippen LogP contribution in [0.15, 0.2) is 30.3 Å². The van der Waals surface area contributed by atoms with E-state index in [1.165, 1.54) is 11.3 Å². The molecule has 1 aliphatic heterocycles. The lowest BCUT2D eigenvalue weighted by Crippen LogP contribution is -2.49. The van der Waals surface area contributed by atoms with Crippen molar-refractivity contribution < 1.29 is 19.1 Å². The molecular weight excluding hydrogens is 402 g/mol. The van der Waals surface area contributed by atoms with E-state index in [-0.39, 0.29) is 25.0 Å². The summed E-state index contributed by atoms with van der Waals surface area (Å²) in [5.74, 6) is -0.558. The van der Waals surface area contributed by atoms with E-state index < -0.39 is 5.97 Å². The Labute approximate surface area is 180 Å². The van der Waals surface area contributed by atoms with Crippen molar-refractivity contribution in [1.29, 1.82) is 0 Å². The summed E-state index contributed by atoms with van der Waals surface area (Å²) in [6.45, 7) is 8.21. The second-order valence-electron chi connectivity index (χ2n) is 7.18. The molecule has 1 aliphatic rings. The van der Waals surface area contributed by atoms with Gasteiger partial charge in [-0.2, -0.15) is 0 Å². The molecule has 0 radical (unpaired) electrons. The fourth-order valence-electron chi connectivity index (χ4n) is 3.51. The van der Waals surface area contributed by atoms with Crippen molar-refractivity contribution in [2.24, 2.45) is 0 Å². The van der Waals surface area contributed by atoms with E-state index >= 15 is 0 Å². The largest absolute Gasteiger partial charge is 0.462 e. The summed E-state index contributed by atoms with van der Waals surface area (Å²) in [5.41, 5.74) is 2.21. The van der Waals surface area contributed by atoms with Gasteiger partial charge in [-0.25, -0.2) is 4.79 Å². The highest BCUT2D eigenvalue weighted by Crippen LogP contribution is 2.40. The van der Waals surface area contributed by atoms with E-state index in [1.54, 1.807) is 18.7 Å². The van der Waals surface area contributed by atoms with E-state index in [9.17, 15) is 14.4 Å². The molecule has 0 unspecified atom stereocenters. The molecule has 2 heterocycles. The second-order valence-corrected chi connectivity index (χ2v) is 8.20. The Balaban J connectivity index is 1.76. The van der Waals surface area contributed by atoms with Crippen LogP contribution >= 0.6 is 11.3 Å². The molecule has 1 fully saturated rings. The molecule has 160 valence electrons. The van der Waals surface area contributed by atoms with Crippen LogP contribution in [0.4, 0.5) is 5.00 Å². The minimum atomic E-state index is -0.432. The highest BCUT2D eigenvalue weighted by atomic mass is 32.1. The number of ether oxygens (including phenoxy) is 1. The third-order valence-electron chi connectivity index (χ3n) is 5.10. The number of rotatable bonds is 6. The molecule has 0 aliphatic carbocycles. The van der Waals surface area contributed by atoms with Crippen LogP contribution in [-0.2, 0) is 14.3 Å². The number of nitrogens with one attached hydrogen (secondary N) is 1. The molecule has 2 amide bonds. The lowest BCUT2D eigenvalue weighted by atomic mass is 10.1. The van der Waals surface area contributed by atoms with E-state index in [0.29, 0.717) is 36.7 Å². The van der Waals surface area contributed by atoms with Crippen molar-refractivity contribution in [2.75, 3.05) is 44.6 Å². The zero-order valence-corrected chi connectivity index (χ0v) is 18.4. The topological polar surface area (TPSA) is 79.0 Å². The van der Waals surface area contributed by atoms with Crippen LogP contribution in [0.3, 0.4) is 0 Å². The molecule has 0 spiro atoms. The molecule has 1 saturated heterocycles. The average Bonchev–Trinajstić information content (AvgIpc) is 3.05. The molecule has 1 N–H and O–H groups in total. The lowest BCUT2D eigenvalue weighted by Gasteiger charge is -2.33. The standard InChI is InChI=1S/C22H27N3O4S/c1-4-29-22(28)19-15(2)20(17-8-6-5-7-9-17)30-21(19)23-18(27)14-24-10-12-25(13-11-24)16(3)26/h5-9H,4,10-14H2,1-3H3,(H,23,27). The number of esters is 1. The Kier molecular flexibility index (Phi) is 7.23. The number of hydrogen-bond acceptors (Lipinski definition) is 6. The van der Waals surface area contributed by atoms with Gasteiger partial charge in [-0.15, -0.1) is 11.3 Å². The quantitative estimate of drug-likeness (QED) is 0.714. The predicted octanol–water partition coefficient (Wildman–Crippen LogP) is 3.00. The lowest BCUT2D eigenvalue weighted by molar-refractivity contribution is -0.130. The van der Waals surface area contributed by atoms with Gasteiger partial charge in [0.25, 0.3) is 0 Å². The maximum atomic E-state index is 12.7. The van der Waals surface area contributed by atoms with Gasteiger partial charge in [0.1, 0.15) is 5.00 Å². The molecule has 2 aromatic rings. The number of carbonyl (C=O) groups is 3. The van der Waals surface area contributed by atoms with Gasteiger partial charge in [-0.3, -0.25) is 14.5 Å². The molecule has 7 nitrogen and oxygen atoms in total. The van der Waals surface area contributed by atoms with Crippen molar-refractivity contribution in [3.63, 3.8) is 0 Å². The molecule has 0 saturated carbocycles. The number of anilines is 1. The molecule has 0 bridgehead atoms. The van der Waals surface area contributed by atoms with Crippen molar-refractivity contribution in [1.82, 2.24) is 9.80 Å². The summed E-state index contributed by atoms with van der Waals surface area (Å²) in [6, 6.07) is 9.78. The maximum Gasteiger partial charge on any atom is 0.341 e. The van der Waals surface area contributed by atoms with Crippen LogP contribution in [0.1, 0.15) is 29.8 Å². The first-order valence-electron chi connectivity index (χ1n) is 10.0. The van der Waals surface area contributed by atoms with Crippen LogP contribution in [0.25, 0.3) is 10.4 Å². The summed E-state index contributed by atoms with van der Waals surface area (Å²) < 4.78 is 5.23. The van der Waals surface area contributed by atoms with E-state index in [2.05, 4.69) is 5.32 Å². The minimum Gasteiger partial charge on any atom is -0.462 e. The van der Waals surface area contributed by atoms with E-state index in [0.717, 1.165) is 16.0 Å². The minimum absolute atomic E-state index is 0.0562. The van der Waals surface area contributed by atoms with Gasteiger partial charge < -0.3 is 15.0 Å². The second kappa shape index (κ2) is 9.86. The monoisotopic (exact) mass is 429 g/mol. The Hall–Kier alpha value is -2.71. The number of benzene rings is 1. The van der Waals surface area contributed by atoms with Gasteiger partial charge >= 0.3 is 5.97 Å². The fourth-order valence-corrected chi connectivity index (χ4v) is 4.72. The van der Waals surface area contributed by atoms with Crippen molar-refractivity contribution in [3.8, 4) is 10.4 Å². The Morgan fingerprint density at radius 3 is 2.37 bits per heavy atom. The van der Waals surface area contributed by atoms with Crippen molar-refractivity contribution in [3.05, 3.63) is 41.5 Å². The van der Waals surface area contributed by atoms with Crippen molar-refractivity contribution >= 4 is 34.1 Å². The molecule has 8 heteroatoms. The smallest absolute Gasteiger partial charge is 0.341 e. The normalized spacial score (nSPS) is 14.4. The summed E-state index contributed by atoms with van der Waals surface area (Å²) in [7, 11) is 0. The first kappa shape index (κ1) is 22.0. The third kappa shape index (κ3) is 5.06. The summed E-state index contributed by atoms with van der Waals surface area (Å²) in [6.07, 6.45) is 0. The first-order valence-corrected chi connectivity index (χ1v) is 10.9. The van der Waals surface area contributed by atoms with Gasteiger partial charge in [-0.05, 0) is 25.0 Å². The summed E-state index contributed by atoms with van der Waals surface area (Å²) >= 11 is 1.38. The van der Waals surface area contributed by atoms with Gasteiger partial charge in [0.05, 0.1) is 18.7 Å². The predicted molar refractivity (Wildman–Crippen MR) is 118 cm³/mol. The molecular formula is C22H27N3O4S. The van der Waals surface area contributed by atoms with Crippen molar-refractivity contribution in [2.45, 2.75) is 20.8 Å². The van der Waals surface area contributed by atoms with E-state index in [4.69, 9.17) is 4.74 Å².